The van der Waals surface area contributed by atoms with Gasteiger partial charge in [0.1, 0.15) is 0 Å². The van der Waals surface area contributed by atoms with Crippen LogP contribution in [0.4, 0.5) is 18.9 Å². The molecule has 1 unspecified atom stereocenters. The van der Waals surface area contributed by atoms with Crippen molar-refractivity contribution in [2.45, 2.75) is 39.0 Å². The maximum Gasteiger partial charge on any atom is 0.280 e. The maximum absolute atomic E-state index is 13.7. The normalized spacial score (nSPS) is 22.3. The summed E-state index contributed by atoms with van der Waals surface area (Å²) in [6.07, 6.45) is -0.130. The molecule has 1 fully saturated rings. The second-order valence-electron chi connectivity index (χ2n) is 7.02. The van der Waals surface area contributed by atoms with Gasteiger partial charge in [0.15, 0.2) is 30.0 Å². The van der Waals surface area contributed by atoms with Crippen molar-refractivity contribution in [3.63, 3.8) is 0 Å². The summed E-state index contributed by atoms with van der Waals surface area (Å²) in [6.45, 7) is 6.30. The summed E-state index contributed by atoms with van der Waals surface area (Å²) in [5.41, 5.74) is -0.443. The van der Waals surface area contributed by atoms with Crippen molar-refractivity contribution in [3.05, 3.63) is 29.6 Å². The van der Waals surface area contributed by atoms with Crippen LogP contribution >= 0.6 is 0 Å². The molecule has 150 valence electrons. The molecule has 1 aromatic carbocycles. The number of morpholine rings is 1. The smallest absolute Gasteiger partial charge is 0.280 e. The SMILES string of the molecule is C[C@H](C(=O)N1C[C@H](C)O[C@@H](C)C1)[NH+](C)CC(=O)Nc1ccc(F)c(F)c1F. The number of carbonyl (C=O) groups is 2. The second kappa shape index (κ2) is 8.71. The number of hydrogen-bond donors (Lipinski definition) is 2. The van der Waals surface area contributed by atoms with Crippen molar-refractivity contribution in [1.82, 2.24) is 4.90 Å². The summed E-state index contributed by atoms with van der Waals surface area (Å²) in [5.74, 6) is -5.16. The Morgan fingerprint density at radius 3 is 2.41 bits per heavy atom. The third kappa shape index (κ3) is 5.20. The molecule has 0 aliphatic carbocycles. The number of amides is 2. The number of ether oxygens (including phenoxy) is 1. The van der Waals surface area contributed by atoms with Crippen molar-refractivity contribution in [1.29, 1.82) is 0 Å². The first-order chi connectivity index (χ1) is 12.6. The lowest BCUT2D eigenvalue weighted by atomic mass is 10.2. The number of likely N-dealkylation sites (N-methyl/N-ethyl adjacent to an activating group) is 1. The molecule has 0 radical (unpaired) electrons. The molecule has 4 atom stereocenters. The minimum atomic E-state index is -1.65. The fourth-order valence-corrected chi connectivity index (χ4v) is 3.07. The Kier molecular flexibility index (Phi) is 6.83. The number of halogens is 3. The molecular weight excluding hydrogens is 363 g/mol. The lowest BCUT2D eigenvalue weighted by Gasteiger charge is -2.37. The predicted molar refractivity (Wildman–Crippen MR) is 92.8 cm³/mol. The van der Waals surface area contributed by atoms with Crippen molar-refractivity contribution >= 4 is 17.5 Å². The molecule has 0 spiro atoms. The van der Waals surface area contributed by atoms with Crippen LogP contribution in [0.2, 0.25) is 0 Å². The number of rotatable bonds is 5. The van der Waals surface area contributed by atoms with Gasteiger partial charge in [0, 0.05) is 13.1 Å². The van der Waals surface area contributed by atoms with E-state index in [0.29, 0.717) is 18.0 Å². The molecule has 6 nitrogen and oxygen atoms in total. The van der Waals surface area contributed by atoms with Crippen LogP contribution in [-0.4, -0.2) is 61.6 Å². The van der Waals surface area contributed by atoms with Gasteiger partial charge in [0.25, 0.3) is 11.8 Å². The van der Waals surface area contributed by atoms with E-state index in [9.17, 15) is 22.8 Å². The van der Waals surface area contributed by atoms with E-state index < -0.39 is 35.1 Å². The topological polar surface area (TPSA) is 63.1 Å². The summed E-state index contributed by atoms with van der Waals surface area (Å²) in [5, 5.41) is 2.21. The number of nitrogens with one attached hydrogen (secondary N) is 2. The Labute approximate surface area is 156 Å². The molecule has 0 aromatic heterocycles. The highest BCUT2D eigenvalue weighted by Crippen LogP contribution is 2.19. The molecule has 1 heterocycles. The average Bonchev–Trinajstić information content (AvgIpc) is 2.60. The Morgan fingerprint density at radius 2 is 1.81 bits per heavy atom. The lowest BCUT2D eigenvalue weighted by molar-refractivity contribution is -0.886. The lowest BCUT2D eigenvalue weighted by Crippen LogP contribution is -3.15. The van der Waals surface area contributed by atoms with Crippen LogP contribution in [-0.2, 0) is 14.3 Å². The van der Waals surface area contributed by atoms with E-state index in [2.05, 4.69) is 5.32 Å². The first-order valence-electron chi connectivity index (χ1n) is 8.80. The maximum atomic E-state index is 13.7. The quantitative estimate of drug-likeness (QED) is 0.726. The molecule has 2 amide bonds. The number of quaternary nitrogens is 1. The molecule has 0 bridgehead atoms. The minimum Gasteiger partial charge on any atom is -0.372 e. The fourth-order valence-electron chi connectivity index (χ4n) is 3.07. The third-order valence-corrected chi connectivity index (χ3v) is 4.59. The molecule has 1 aromatic rings. The van der Waals surface area contributed by atoms with E-state index in [4.69, 9.17) is 4.74 Å². The third-order valence-electron chi connectivity index (χ3n) is 4.59. The van der Waals surface area contributed by atoms with E-state index in [1.165, 1.54) is 0 Å². The zero-order valence-corrected chi connectivity index (χ0v) is 15.8. The summed E-state index contributed by atoms with van der Waals surface area (Å²) in [6, 6.07) is 1.17. The Hall–Kier alpha value is -2.13. The number of anilines is 1. The van der Waals surface area contributed by atoms with Crippen molar-refractivity contribution in [3.8, 4) is 0 Å². The summed E-state index contributed by atoms with van der Waals surface area (Å²) < 4.78 is 45.5. The molecular formula is C18H25F3N3O3+. The van der Waals surface area contributed by atoms with Gasteiger partial charge in [-0.25, -0.2) is 13.2 Å². The molecule has 2 rings (SSSR count). The van der Waals surface area contributed by atoms with Gasteiger partial charge in [-0.3, -0.25) is 9.59 Å². The standard InChI is InChI=1S/C18H24F3N3O3/c1-10-7-24(8-11(2)27-10)18(26)12(3)23(4)9-15(25)22-14-6-5-13(19)16(20)17(14)21/h5-6,10-12H,7-9H2,1-4H3,(H,22,25)/p+1/t10-,11-,12+/m0/s1. The zero-order chi connectivity index (χ0) is 20.3. The number of hydrogen-bond acceptors (Lipinski definition) is 3. The van der Waals surface area contributed by atoms with Crippen LogP contribution in [0.15, 0.2) is 12.1 Å². The largest absolute Gasteiger partial charge is 0.372 e. The molecule has 1 saturated heterocycles. The van der Waals surface area contributed by atoms with Crippen LogP contribution in [0, 0.1) is 17.5 Å². The highest BCUT2D eigenvalue weighted by Gasteiger charge is 2.33. The molecule has 27 heavy (non-hydrogen) atoms. The van der Waals surface area contributed by atoms with Gasteiger partial charge in [0.2, 0.25) is 0 Å². The Morgan fingerprint density at radius 1 is 1.22 bits per heavy atom. The molecule has 2 N–H and O–H groups in total. The van der Waals surface area contributed by atoms with Gasteiger partial charge in [-0.15, -0.1) is 0 Å². The molecule has 9 heteroatoms. The van der Waals surface area contributed by atoms with Crippen molar-refractivity contribution < 1.29 is 32.4 Å². The van der Waals surface area contributed by atoms with Gasteiger partial charge < -0.3 is 19.9 Å². The first-order valence-corrected chi connectivity index (χ1v) is 8.80. The predicted octanol–water partition coefficient (Wildman–Crippen LogP) is 0.581. The van der Waals surface area contributed by atoms with Crippen molar-refractivity contribution in [2.75, 3.05) is 32.0 Å². The fraction of sp³-hybridized carbons (Fsp3) is 0.556. The van der Waals surface area contributed by atoms with E-state index in [1.54, 1.807) is 18.9 Å². The monoisotopic (exact) mass is 388 g/mol. The minimum absolute atomic E-state index is 0.0650. The van der Waals surface area contributed by atoms with Crippen LogP contribution < -0.4 is 10.2 Å². The van der Waals surface area contributed by atoms with Crippen LogP contribution in [0.3, 0.4) is 0 Å². The number of carbonyl (C=O) groups excluding carboxylic acids is 2. The summed E-state index contributed by atoms with van der Waals surface area (Å²) in [4.78, 5) is 27.1. The molecule has 1 aliphatic rings. The summed E-state index contributed by atoms with van der Waals surface area (Å²) in [7, 11) is 1.66. The van der Waals surface area contributed by atoms with Gasteiger partial charge in [-0.05, 0) is 32.9 Å². The average molecular weight is 388 g/mol. The van der Waals surface area contributed by atoms with E-state index in [0.717, 1.165) is 12.1 Å². The highest BCUT2D eigenvalue weighted by molar-refractivity contribution is 5.91. The van der Waals surface area contributed by atoms with Crippen LogP contribution in [0.25, 0.3) is 0 Å². The Bertz CT molecular complexity index is 707. The van der Waals surface area contributed by atoms with Crippen LogP contribution in [0.1, 0.15) is 20.8 Å². The second-order valence-corrected chi connectivity index (χ2v) is 7.02. The number of nitrogens with zero attached hydrogens (tertiary/aromatic N) is 1. The van der Waals surface area contributed by atoms with E-state index in [1.807, 2.05) is 13.8 Å². The van der Waals surface area contributed by atoms with Gasteiger partial charge in [-0.1, -0.05) is 0 Å². The molecule has 1 aliphatic heterocycles. The van der Waals surface area contributed by atoms with Crippen molar-refractivity contribution in [2.24, 2.45) is 0 Å². The van der Waals surface area contributed by atoms with E-state index in [-0.39, 0.29) is 24.7 Å². The zero-order valence-electron chi connectivity index (χ0n) is 15.8. The first kappa shape index (κ1) is 21.2. The van der Waals surface area contributed by atoms with Gasteiger partial charge in [0.05, 0.1) is 24.9 Å². The van der Waals surface area contributed by atoms with E-state index >= 15 is 0 Å². The summed E-state index contributed by atoms with van der Waals surface area (Å²) >= 11 is 0. The highest BCUT2D eigenvalue weighted by atomic mass is 19.2. The van der Waals surface area contributed by atoms with Gasteiger partial charge >= 0.3 is 0 Å². The Balaban J connectivity index is 1.95. The number of benzene rings is 1. The molecule has 0 saturated carbocycles. The van der Waals surface area contributed by atoms with Gasteiger partial charge in [-0.2, -0.15) is 0 Å². The van der Waals surface area contributed by atoms with Crippen LogP contribution in [0.5, 0.6) is 0 Å².